The number of carbonyl (C=O) groups is 1. The Bertz CT molecular complexity index is 378. The minimum Gasteiger partial charge on any atom is -0.376 e. The molecule has 0 N–H and O–H groups in total. The Labute approximate surface area is 122 Å². The fourth-order valence-electron chi connectivity index (χ4n) is 3.56. The van der Waals surface area contributed by atoms with Crippen LogP contribution < -0.4 is 0 Å². The van der Waals surface area contributed by atoms with Crippen LogP contribution in [0.2, 0.25) is 0 Å². The lowest BCUT2D eigenvalue weighted by Gasteiger charge is -2.40. The number of hydrogen-bond donors (Lipinski definition) is 0. The lowest BCUT2D eigenvalue weighted by molar-refractivity contribution is -0.132. The summed E-state index contributed by atoms with van der Waals surface area (Å²) in [7, 11) is 0. The van der Waals surface area contributed by atoms with Crippen LogP contribution in [-0.4, -0.2) is 53.7 Å². The molecule has 2 aliphatic rings. The maximum atomic E-state index is 12.6. The molecule has 2 heterocycles. The molecule has 2 rings (SSSR count). The molecule has 0 bridgehead atoms. The van der Waals surface area contributed by atoms with Crippen LogP contribution in [0, 0.1) is 5.92 Å². The van der Waals surface area contributed by atoms with E-state index >= 15 is 0 Å². The average molecular weight is 283 g/mol. The largest absolute Gasteiger partial charge is 0.376 e. The van der Waals surface area contributed by atoms with Gasteiger partial charge in [0.05, 0.1) is 24.2 Å². The van der Waals surface area contributed by atoms with Crippen LogP contribution >= 0.6 is 0 Å². The molecule has 0 radical (unpaired) electrons. The van der Waals surface area contributed by atoms with E-state index in [0.717, 1.165) is 26.1 Å². The molecule has 20 heavy (non-hydrogen) atoms. The van der Waals surface area contributed by atoms with Crippen LogP contribution in [0.1, 0.15) is 48.0 Å². The molecule has 2 fully saturated rings. The second-order valence-electron chi connectivity index (χ2n) is 7.29. The van der Waals surface area contributed by atoms with Crippen LogP contribution in [0.15, 0.2) is 0 Å². The summed E-state index contributed by atoms with van der Waals surface area (Å²) in [6, 6.07) is 0.415. The van der Waals surface area contributed by atoms with E-state index in [0.29, 0.717) is 6.04 Å². The first-order valence-corrected chi connectivity index (χ1v) is 7.77. The smallest absolute Gasteiger partial charge is 0.171 e. The molecule has 2 aliphatic heterocycles. The van der Waals surface area contributed by atoms with Crippen LogP contribution in [-0.2, 0) is 14.3 Å². The number of nitrogens with zero attached hydrogens (tertiary/aromatic N) is 1. The Hall–Kier alpha value is -0.450. The van der Waals surface area contributed by atoms with Crippen LogP contribution in [0.3, 0.4) is 0 Å². The predicted molar refractivity (Wildman–Crippen MR) is 78.8 cm³/mol. The molecule has 3 atom stereocenters. The van der Waals surface area contributed by atoms with Gasteiger partial charge in [0.15, 0.2) is 5.78 Å². The lowest BCUT2D eigenvalue weighted by Crippen LogP contribution is -2.52. The first-order chi connectivity index (χ1) is 9.17. The molecule has 0 amide bonds. The summed E-state index contributed by atoms with van der Waals surface area (Å²) in [5.41, 5.74) is -1.05. The molecule has 116 valence electrons. The Kier molecular flexibility index (Phi) is 4.30. The molecule has 0 saturated carbocycles. The topological polar surface area (TPSA) is 38.8 Å². The van der Waals surface area contributed by atoms with E-state index in [9.17, 15) is 4.79 Å². The van der Waals surface area contributed by atoms with Gasteiger partial charge in [0.2, 0.25) is 0 Å². The molecule has 0 aromatic heterocycles. The van der Waals surface area contributed by atoms with Gasteiger partial charge in [-0.25, -0.2) is 0 Å². The maximum absolute atomic E-state index is 12.6. The zero-order chi connectivity index (χ0) is 15.1. The van der Waals surface area contributed by atoms with Crippen molar-refractivity contribution in [2.24, 2.45) is 5.92 Å². The number of Topliss-reactive ketones (excluding diaryl/α,β-unsaturated/α-hetero) is 1. The monoisotopic (exact) mass is 283 g/mol. The van der Waals surface area contributed by atoms with E-state index in [4.69, 9.17) is 9.47 Å². The number of ether oxygens (including phenoxy) is 2. The predicted octanol–water partition coefficient (Wildman–Crippen LogP) is 2.26. The molecule has 3 unspecified atom stereocenters. The Balaban J connectivity index is 2.13. The second-order valence-corrected chi connectivity index (χ2v) is 7.29. The summed E-state index contributed by atoms with van der Waals surface area (Å²) < 4.78 is 11.7. The Morgan fingerprint density at radius 2 is 1.95 bits per heavy atom. The fraction of sp³-hybridized carbons (Fsp3) is 0.938. The summed E-state index contributed by atoms with van der Waals surface area (Å²) >= 11 is 0. The van der Waals surface area contributed by atoms with E-state index in [1.807, 2.05) is 27.7 Å². The Morgan fingerprint density at radius 3 is 2.45 bits per heavy atom. The third-order valence-corrected chi connectivity index (χ3v) is 4.74. The van der Waals surface area contributed by atoms with Crippen molar-refractivity contribution in [1.82, 2.24) is 4.90 Å². The van der Waals surface area contributed by atoms with Crippen LogP contribution in [0.25, 0.3) is 0 Å². The molecule has 4 nitrogen and oxygen atoms in total. The third-order valence-electron chi connectivity index (χ3n) is 4.74. The normalized spacial score (nSPS) is 37.3. The number of morpholine rings is 1. The van der Waals surface area contributed by atoms with Gasteiger partial charge in [-0.3, -0.25) is 9.69 Å². The molecule has 0 aliphatic carbocycles. The maximum Gasteiger partial charge on any atom is 0.171 e. The van der Waals surface area contributed by atoms with E-state index < -0.39 is 5.60 Å². The molecular formula is C16H29NO3. The van der Waals surface area contributed by atoms with Crippen molar-refractivity contribution in [3.63, 3.8) is 0 Å². The van der Waals surface area contributed by atoms with Crippen LogP contribution in [0.5, 0.6) is 0 Å². The van der Waals surface area contributed by atoms with Gasteiger partial charge in [0.25, 0.3) is 0 Å². The minimum absolute atomic E-state index is 0.0585. The van der Waals surface area contributed by atoms with E-state index in [1.165, 1.54) is 0 Å². The average Bonchev–Trinajstić information content (AvgIpc) is 2.48. The molecule has 0 aromatic carbocycles. The first-order valence-electron chi connectivity index (χ1n) is 7.77. The van der Waals surface area contributed by atoms with Gasteiger partial charge in [0.1, 0.15) is 5.60 Å². The van der Waals surface area contributed by atoms with Gasteiger partial charge in [-0.15, -0.1) is 0 Å². The van der Waals surface area contributed by atoms with Gasteiger partial charge < -0.3 is 9.47 Å². The molecule has 0 spiro atoms. The zero-order valence-electron chi connectivity index (χ0n) is 13.7. The van der Waals surface area contributed by atoms with E-state index in [1.54, 1.807) is 0 Å². The summed E-state index contributed by atoms with van der Waals surface area (Å²) in [5.74, 6) is 0.174. The summed E-state index contributed by atoms with van der Waals surface area (Å²) in [6.45, 7) is 14.6. The summed E-state index contributed by atoms with van der Waals surface area (Å²) in [4.78, 5) is 15.0. The van der Waals surface area contributed by atoms with Crippen molar-refractivity contribution >= 4 is 5.78 Å². The van der Waals surface area contributed by atoms with Crippen molar-refractivity contribution in [3.8, 4) is 0 Å². The standard InChI is InChI=1S/C16H29NO3/c1-7-12-10-19-11(2)8-17(12)9-13-14(18)16(5,6)20-15(13,3)4/h11-13H,7-10H2,1-6H3. The summed E-state index contributed by atoms with van der Waals surface area (Å²) in [5, 5.41) is 0. The molecule has 0 aromatic rings. The van der Waals surface area contributed by atoms with Crippen molar-refractivity contribution in [2.45, 2.75) is 71.3 Å². The number of hydrogen-bond acceptors (Lipinski definition) is 4. The summed E-state index contributed by atoms with van der Waals surface area (Å²) in [6.07, 6.45) is 1.30. The van der Waals surface area contributed by atoms with Crippen molar-refractivity contribution in [3.05, 3.63) is 0 Å². The quantitative estimate of drug-likeness (QED) is 0.796. The second kappa shape index (κ2) is 5.39. The third kappa shape index (κ3) is 2.92. The van der Waals surface area contributed by atoms with Gasteiger partial charge in [-0.2, -0.15) is 0 Å². The van der Waals surface area contributed by atoms with Crippen LogP contribution in [0.4, 0.5) is 0 Å². The highest BCUT2D eigenvalue weighted by Crippen LogP contribution is 2.40. The highest BCUT2D eigenvalue weighted by atomic mass is 16.5. The molecular weight excluding hydrogens is 254 g/mol. The van der Waals surface area contributed by atoms with E-state index in [-0.39, 0.29) is 23.4 Å². The van der Waals surface area contributed by atoms with Gasteiger partial charge in [-0.1, -0.05) is 6.92 Å². The van der Waals surface area contributed by atoms with E-state index in [2.05, 4.69) is 18.7 Å². The highest BCUT2D eigenvalue weighted by molar-refractivity contribution is 5.91. The SMILES string of the molecule is CCC1COC(C)CN1CC1C(=O)C(C)(C)OC1(C)C. The first kappa shape index (κ1) is 15.9. The van der Waals surface area contributed by atoms with Crippen molar-refractivity contribution < 1.29 is 14.3 Å². The van der Waals surface area contributed by atoms with Gasteiger partial charge >= 0.3 is 0 Å². The Morgan fingerprint density at radius 1 is 1.30 bits per heavy atom. The number of ketones is 1. The van der Waals surface area contributed by atoms with Crippen molar-refractivity contribution in [2.75, 3.05) is 19.7 Å². The van der Waals surface area contributed by atoms with Crippen molar-refractivity contribution in [1.29, 1.82) is 0 Å². The minimum atomic E-state index is -0.659. The fourth-order valence-corrected chi connectivity index (χ4v) is 3.56. The molecule has 4 heteroatoms. The van der Waals surface area contributed by atoms with Gasteiger partial charge in [-0.05, 0) is 41.0 Å². The lowest BCUT2D eigenvalue weighted by atomic mass is 9.85. The van der Waals surface area contributed by atoms with Gasteiger partial charge in [0, 0.05) is 19.1 Å². The highest BCUT2D eigenvalue weighted by Gasteiger charge is 2.53. The molecule has 2 saturated heterocycles. The number of rotatable bonds is 3. The number of carbonyl (C=O) groups excluding carboxylic acids is 1. The zero-order valence-corrected chi connectivity index (χ0v) is 13.7.